The van der Waals surface area contributed by atoms with Crippen LogP contribution < -0.4 is 0 Å². The Labute approximate surface area is 176 Å². The van der Waals surface area contributed by atoms with E-state index in [0.717, 1.165) is 31.1 Å². The molecule has 3 rings (SSSR count). The predicted molar refractivity (Wildman–Crippen MR) is 119 cm³/mol. The number of rotatable bonds is 6. The van der Waals surface area contributed by atoms with Gasteiger partial charge in [-0.1, -0.05) is 55.5 Å². The van der Waals surface area contributed by atoms with Gasteiger partial charge in [0, 0.05) is 0 Å². The molecule has 0 bridgehead atoms. The van der Waals surface area contributed by atoms with Crippen LogP contribution in [-0.2, 0) is 6.42 Å². The number of hydrogen-bond donors (Lipinski definition) is 0. The predicted octanol–water partition coefficient (Wildman–Crippen LogP) is 7.82. The summed E-state index contributed by atoms with van der Waals surface area (Å²) in [6.07, 6.45) is 21.1. The summed E-state index contributed by atoms with van der Waals surface area (Å²) in [5.41, 5.74) is 2.96. The Morgan fingerprint density at radius 1 is 0.897 bits per heavy atom. The maximum Gasteiger partial charge on any atom is 0.199 e. The average molecular weight is 392 g/mol. The van der Waals surface area contributed by atoms with Gasteiger partial charge in [-0.05, 0) is 98.7 Å². The number of nitriles is 1. The molecule has 154 valence electrons. The van der Waals surface area contributed by atoms with E-state index in [1.807, 2.05) is 0 Å². The molecule has 29 heavy (non-hydrogen) atoms. The van der Waals surface area contributed by atoms with Gasteiger partial charge in [-0.15, -0.1) is 0 Å². The van der Waals surface area contributed by atoms with Crippen LogP contribution in [0, 0.1) is 29.1 Å². The summed E-state index contributed by atoms with van der Waals surface area (Å²) in [5.74, 6) is 2.00. The van der Waals surface area contributed by atoms with Crippen LogP contribution in [0.4, 0.5) is 4.39 Å². The number of halogens is 1. The Morgan fingerprint density at radius 3 is 1.93 bits per heavy atom. The van der Waals surface area contributed by atoms with Gasteiger partial charge in [0.15, 0.2) is 5.83 Å². The number of aryl methyl sites for hydroxylation is 1. The van der Waals surface area contributed by atoms with E-state index in [1.165, 1.54) is 61.8 Å². The molecule has 0 N–H and O–H groups in total. The van der Waals surface area contributed by atoms with Crippen LogP contribution >= 0.6 is 0 Å². The fraction of sp³-hybridized carbons (Fsp3) is 0.519. The molecule has 0 saturated heterocycles. The molecule has 2 aliphatic carbocycles. The van der Waals surface area contributed by atoms with Crippen molar-refractivity contribution in [2.45, 2.75) is 70.6 Å². The Bertz CT molecular complexity index is 749. The minimum Gasteiger partial charge on any atom is -0.195 e. The molecule has 0 heterocycles. The summed E-state index contributed by atoms with van der Waals surface area (Å²) in [6.45, 7) is 2.21. The molecule has 0 atom stereocenters. The second-order valence-corrected chi connectivity index (χ2v) is 8.78. The topological polar surface area (TPSA) is 23.8 Å². The van der Waals surface area contributed by atoms with Crippen molar-refractivity contribution in [3.63, 3.8) is 0 Å². The zero-order valence-electron chi connectivity index (χ0n) is 17.7. The molecular formula is C27H34FN. The highest BCUT2D eigenvalue weighted by molar-refractivity contribution is 5.26. The van der Waals surface area contributed by atoms with Crippen molar-refractivity contribution in [3.8, 4) is 6.07 Å². The van der Waals surface area contributed by atoms with Crippen molar-refractivity contribution in [3.05, 3.63) is 71.6 Å². The first kappa shape index (κ1) is 21.6. The molecular weight excluding hydrogens is 357 g/mol. The van der Waals surface area contributed by atoms with Gasteiger partial charge in [-0.25, -0.2) is 0 Å². The van der Waals surface area contributed by atoms with E-state index >= 15 is 0 Å². The van der Waals surface area contributed by atoms with Crippen molar-refractivity contribution >= 4 is 0 Å². The first-order valence-corrected chi connectivity index (χ1v) is 11.4. The molecule has 0 aromatic heterocycles. The van der Waals surface area contributed by atoms with Crippen molar-refractivity contribution in [1.29, 1.82) is 5.26 Å². The fourth-order valence-electron chi connectivity index (χ4n) is 4.85. The second-order valence-electron chi connectivity index (χ2n) is 8.78. The highest BCUT2D eigenvalue weighted by Gasteiger charge is 2.22. The highest BCUT2D eigenvalue weighted by Crippen LogP contribution is 2.37. The van der Waals surface area contributed by atoms with Gasteiger partial charge in [0.1, 0.15) is 6.07 Å². The van der Waals surface area contributed by atoms with E-state index < -0.39 is 5.83 Å². The molecule has 2 heteroatoms. The largest absolute Gasteiger partial charge is 0.199 e. The van der Waals surface area contributed by atoms with Gasteiger partial charge in [-0.3, -0.25) is 0 Å². The van der Waals surface area contributed by atoms with Gasteiger partial charge >= 0.3 is 0 Å². The van der Waals surface area contributed by atoms with Gasteiger partial charge in [0.2, 0.25) is 0 Å². The Kier molecular flexibility index (Phi) is 8.29. The quantitative estimate of drug-likeness (QED) is 0.275. The summed E-state index contributed by atoms with van der Waals surface area (Å²) in [4.78, 5) is 0. The molecule has 0 amide bonds. The normalized spacial score (nSPS) is 28.7. The van der Waals surface area contributed by atoms with E-state index in [1.54, 1.807) is 6.08 Å². The monoisotopic (exact) mass is 391 g/mol. The van der Waals surface area contributed by atoms with E-state index in [9.17, 15) is 4.39 Å². The van der Waals surface area contributed by atoms with Crippen molar-refractivity contribution in [2.24, 2.45) is 17.8 Å². The zero-order chi connectivity index (χ0) is 20.5. The lowest BCUT2D eigenvalue weighted by atomic mass is 9.77. The van der Waals surface area contributed by atoms with Crippen LogP contribution in [0.2, 0.25) is 0 Å². The Hall–Kier alpha value is -2.14. The third-order valence-electron chi connectivity index (χ3n) is 6.84. The summed E-state index contributed by atoms with van der Waals surface area (Å²) < 4.78 is 12.8. The van der Waals surface area contributed by atoms with E-state index in [2.05, 4.69) is 49.4 Å². The summed E-state index contributed by atoms with van der Waals surface area (Å²) in [7, 11) is 0. The number of allylic oxidation sites excluding steroid dienone is 6. The lowest BCUT2D eigenvalue weighted by Gasteiger charge is -2.28. The summed E-state index contributed by atoms with van der Waals surface area (Å²) in [6, 6.07) is 10.8. The summed E-state index contributed by atoms with van der Waals surface area (Å²) >= 11 is 0. The van der Waals surface area contributed by atoms with Gasteiger partial charge in [0.25, 0.3) is 0 Å². The van der Waals surface area contributed by atoms with E-state index in [-0.39, 0.29) is 0 Å². The van der Waals surface area contributed by atoms with Crippen molar-refractivity contribution in [2.75, 3.05) is 0 Å². The van der Waals surface area contributed by atoms with E-state index in [4.69, 9.17) is 5.26 Å². The summed E-state index contributed by atoms with van der Waals surface area (Å²) in [5, 5.41) is 8.43. The first-order valence-electron chi connectivity index (χ1n) is 11.4. The van der Waals surface area contributed by atoms with Crippen LogP contribution in [0.15, 0.2) is 60.5 Å². The number of nitrogens with zero attached hydrogens (tertiary/aromatic N) is 1. The molecule has 1 nitrogen and oxygen atoms in total. The molecule has 2 aliphatic rings. The lowest BCUT2D eigenvalue weighted by molar-refractivity contribution is 0.348. The molecule has 2 fully saturated rings. The van der Waals surface area contributed by atoms with Crippen LogP contribution in [0.5, 0.6) is 0 Å². The maximum atomic E-state index is 12.8. The number of hydrogen-bond acceptors (Lipinski definition) is 1. The van der Waals surface area contributed by atoms with Gasteiger partial charge in [0.05, 0.1) is 0 Å². The van der Waals surface area contributed by atoms with Crippen LogP contribution in [0.1, 0.15) is 75.3 Å². The third kappa shape index (κ3) is 6.70. The molecule has 1 aromatic rings. The Balaban J connectivity index is 1.39. The molecule has 1 aromatic carbocycles. The first-order chi connectivity index (χ1) is 14.2. The number of benzene rings is 1. The van der Waals surface area contributed by atoms with Gasteiger partial charge < -0.3 is 0 Å². The minimum atomic E-state index is -0.717. The van der Waals surface area contributed by atoms with Gasteiger partial charge in [-0.2, -0.15) is 9.65 Å². The minimum absolute atomic E-state index is 0.525. The molecule has 0 spiro atoms. The molecule has 0 unspecified atom stereocenters. The maximum absolute atomic E-state index is 12.8. The Morgan fingerprint density at radius 2 is 1.41 bits per heavy atom. The SMILES string of the molecule is CCc1ccc(C2CCC(/C=C/C3CCC(C=CC=C(F)C#N)CC3)CC2)cc1. The molecule has 0 aliphatic heterocycles. The van der Waals surface area contributed by atoms with E-state index in [0.29, 0.717) is 11.8 Å². The molecule has 0 radical (unpaired) electrons. The van der Waals surface area contributed by atoms with Crippen LogP contribution in [0.3, 0.4) is 0 Å². The highest BCUT2D eigenvalue weighted by atomic mass is 19.1. The van der Waals surface area contributed by atoms with Crippen LogP contribution in [0.25, 0.3) is 0 Å². The van der Waals surface area contributed by atoms with Crippen molar-refractivity contribution < 1.29 is 4.39 Å². The molecule has 2 saturated carbocycles. The standard InChI is InChI=1S/C27H34FN/c1-2-21-12-16-25(17-13-21)26-18-14-24(15-19-26)11-10-23-8-6-22(7-9-23)4-3-5-27(28)20-29/h3-5,10-13,16-17,22-24,26H,2,6-9,14-15,18-19H2,1H3/b4-3?,11-10+,27-5?. The van der Waals surface area contributed by atoms with Crippen LogP contribution in [-0.4, -0.2) is 0 Å². The smallest absolute Gasteiger partial charge is 0.195 e. The lowest BCUT2D eigenvalue weighted by Crippen LogP contribution is -2.14. The second kappa shape index (κ2) is 11.1. The zero-order valence-corrected chi connectivity index (χ0v) is 17.7. The average Bonchev–Trinajstić information content (AvgIpc) is 2.79. The van der Waals surface area contributed by atoms with Crippen molar-refractivity contribution in [1.82, 2.24) is 0 Å². The fourth-order valence-corrected chi connectivity index (χ4v) is 4.85. The third-order valence-corrected chi connectivity index (χ3v) is 6.84.